The molecule has 0 fully saturated rings. The molecule has 2 rings (SSSR count). The number of hydrogen-bond acceptors (Lipinski definition) is 4. The van der Waals surface area contributed by atoms with Crippen molar-refractivity contribution in [3.8, 4) is 6.07 Å². The number of sulfone groups is 1. The Hall–Kier alpha value is -2.11. The molecule has 132 valence electrons. The minimum absolute atomic E-state index is 0.0179. The van der Waals surface area contributed by atoms with Crippen molar-refractivity contribution in [3.05, 3.63) is 58.9 Å². The number of nitrogens with zero attached hydrogens (tertiary/aromatic N) is 2. The maximum absolute atomic E-state index is 12.8. The van der Waals surface area contributed by atoms with E-state index in [0.29, 0.717) is 12.3 Å². The summed E-state index contributed by atoms with van der Waals surface area (Å²) < 4.78 is 63.9. The predicted molar refractivity (Wildman–Crippen MR) is 85.5 cm³/mol. The predicted octanol–water partition coefficient (Wildman–Crippen LogP) is 4.57. The van der Waals surface area contributed by atoms with Crippen LogP contribution in [0.5, 0.6) is 0 Å². The molecule has 0 radical (unpaired) electrons. The van der Waals surface area contributed by atoms with Gasteiger partial charge >= 0.3 is 6.18 Å². The van der Waals surface area contributed by atoms with E-state index in [9.17, 15) is 21.6 Å². The number of aromatic nitrogens is 1. The zero-order chi connectivity index (χ0) is 18.7. The highest BCUT2D eigenvalue weighted by Gasteiger charge is 2.35. The van der Waals surface area contributed by atoms with E-state index in [1.165, 1.54) is 24.3 Å². The van der Waals surface area contributed by atoms with Crippen molar-refractivity contribution in [1.29, 1.82) is 5.26 Å². The van der Waals surface area contributed by atoms with Crippen molar-refractivity contribution in [2.45, 2.75) is 29.2 Å². The molecule has 4 nitrogen and oxygen atoms in total. The minimum Gasteiger partial charge on any atom is -0.258 e. The molecule has 1 aromatic heterocycles. The molecule has 0 aliphatic rings. The van der Waals surface area contributed by atoms with Gasteiger partial charge in [-0.2, -0.15) is 18.4 Å². The average molecular weight is 389 g/mol. The van der Waals surface area contributed by atoms with Crippen LogP contribution >= 0.6 is 11.6 Å². The number of hydrogen-bond donors (Lipinski definition) is 0. The highest BCUT2D eigenvalue weighted by molar-refractivity contribution is 7.91. The van der Waals surface area contributed by atoms with Crippen LogP contribution in [0.2, 0.25) is 5.02 Å². The normalized spacial score (nSPS) is 13.2. The fraction of sp³-hybridized carbons (Fsp3) is 0.250. The summed E-state index contributed by atoms with van der Waals surface area (Å²) >= 11 is 5.89. The van der Waals surface area contributed by atoms with Gasteiger partial charge in [0.15, 0.2) is 9.84 Å². The van der Waals surface area contributed by atoms with Crippen LogP contribution in [0.3, 0.4) is 0 Å². The molecule has 1 aromatic carbocycles. The fourth-order valence-electron chi connectivity index (χ4n) is 2.25. The van der Waals surface area contributed by atoms with Crippen LogP contribution in [0.25, 0.3) is 0 Å². The first kappa shape index (κ1) is 19.2. The average Bonchev–Trinajstić information content (AvgIpc) is 2.56. The first-order chi connectivity index (χ1) is 11.7. The van der Waals surface area contributed by atoms with E-state index in [4.69, 9.17) is 16.9 Å². The van der Waals surface area contributed by atoms with Crippen molar-refractivity contribution in [2.24, 2.45) is 0 Å². The van der Waals surface area contributed by atoms with Crippen LogP contribution < -0.4 is 0 Å². The van der Waals surface area contributed by atoms with Crippen molar-refractivity contribution in [3.63, 3.8) is 0 Å². The standard InChI is InChI=1S/C16H12ClF3N2O2S/c17-13-9-11(16(18,19)20)10-22-15(13)14(7-4-8-21)25(23,24)12-5-2-1-3-6-12/h1-3,5-6,9-10,14H,4,7H2/t14-/m1/s1. The molecule has 0 aliphatic carbocycles. The first-order valence-corrected chi connectivity index (χ1v) is 8.99. The van der Waals surface area contributed by atoms with Gasteiger partial charge in [-0.25, -0.2) is 8.42 Å². The molecule has 0 bridgehead atoms. The third kappa shape index (κ3) is 4.30. The first-order valence-electron chi connectivity index (χ1n) is 7.06. The summed E-state index contributed by atoms with van der Waals surface area (Å²) in [4.78, 5) is 3.63. The van der Waals surface area contributed by atoms with Crippen LogP contribution in [-0.4, -0.2) is 13.4 Å². The molecule has 9 heteroatoms. The largest absolute Gasteiger partial charge is 0.417 e. The molecule has 0 saturated heterocycles. The van der Waals surface area contributed by atoms with Gasteiger partial charge in [0.05, 0.1) is 27.2 Å². The molecule has 0 unspecified atom stereocenters. The highest BCUT2D eigenvalue weighted by atomic mass is 35.5. The lowest BCUT2D eigenvalue weighted by Crippen LogP contribution is -2.17. The number of nitriles is 1. The minimum atomic E-state index is -4.64. The van der Waals surface area contributed by atoms with E-state index in [2.05, 4.69) is 4.98 Å². The Labute approximate surface area is 147 Å². The maximum Gasteiger partial charge on any atom is 0.417 e. The number of alkyl halides is 3. The monoisotopic (exact) mass is 388 g/mol. The molecule has 1 heterocycles. The Kier molecular flexibility index (Phi) is 5.70. The van der Waals surface area contributed by atoms with E-state index < -0.39 is 31.8 Å². The van der Waals surface area contributed by atoms with Gasteiger partial charge in [-0.15, -0.1) is 0 Å². The van der Waals surface area contributed by atoms with Gasteiger partial charge in [0.2, 0.25) is 0 Å². The molecule has 0 amide bonds. The van der Waals surface area contributed by atoms with Gasteiger partial charge in [-0.1, -0.05) is 29.8 Å². The summed E-state index contributed by atoms with van der Waals surface area (Å²) in [6, 6.07) is 9.89. The Morgan fingerprint density at radius 1 is 1.24 bits per heavy atom. The molecule has 0 aliphatic heterocycles. The maximum atomic E-state index is 12.8. The molecule has 0 saturated carbocycles. The third-order valence-electron chi connectivity index (χ3n) is 3.47. The number of pyridine rings is 1. The number of rotatable bonds is 5. The highest BCUT2D eigenvalue weighted by Crippen LogP contribution is 2.38. The van der Waals surface area contributed by atoms with Gasteiger partial charge in [0.25, 0.3) is 0 Å². The second kappa shape index (κ2) is 7.42. The lowest BCUT2D eigenvalue weighted by atomic mass is 10.1. The zero-order valence-corrected chi connectivity index (χ0v) is 14.2. The molecular formula is C16H12ClF3N2O2S. The van der Waals surface area contributed by atoms with Crippen molar-refractivity contribution in [2.75, 3.05) is 0 Å². The van der Waals surface area contributed by atoms with E-state index in [1.54, 1.807) is 6.07 Å². The van der Waals surface area contributed by atoms with Gasteiger partial charge in [0.1, 0.15) is 5.25 Å². The second-order valence-electron chi connectivity index (χ2n) is 5.13. The van der Waals surface area contributed by atoms with Crippen LogP contribution in [0.15, 0.2) is 47.5 Å². The Balaban J connectivity index is 2.54. The summed E-state index contributed by atoms with van der Waals surface area (Å²) in [6.45, 7) is 0. The summed E-state index contributed by atoms with van der Waals surface area (Å²) in [5.74, 6) is 0. The van der Waals surface area contributed by atoms with Crippen molar-refractivity contribution >= 4 is 21.4 Å². The van der Waals surface area contributed by atoms with Gasteiger partial charge in [0, 0.05) is 12.6 Å². The van der Waals surface area contributed by atoms with E-state index in [-0.39, 0.29) is 23.4 Å². The van der Waals surface area contributed by atoms with Crippen molar-refractivity contribution in [1.82, 2.24) is 4.98 Å². The lowest BCUT2D eigenvalue weighted by Gasteiger charge is -2.18. The van der Waals surface area contributed by atoms with Gasteiger partial charge in [-0.3, -0.25) is 4.98 Å². The Morgan fingerprint density at radius 3 is 2.40 bits per heavy atom. The van der Waals surface area contributed by atoms with Gasteiger partial charge < -0.3 is 0 Å². The van der Waals surface area contributed by atoms with Crippen molar-refractivity contribution < 1.29 is 21.6 Å². The molecular weight excluding hydrogens is 377 g/mol. The smallest absolute Gasteiger partial charge is 0.258 e. The van der Waals surface area contributed by atoms with Crippen LogP contribution in [0.1, 0.15) is 29.3 Å². The van der Waals surface area contributed by atoms with Gasteiger partial charge in [-0.05, 0) is 24.6 Å². The summed E-state index contributed by atoms with van der Waals surface area (Å²) in [5, 5.41) is 7.05. The third-order valence-corrected chi connectivity index (χ3v) is 5.91. The number of halogens is 4. The molecule has 1 atom stereocenters. The molecule has 0 spiro atoms. The summed E-state index contributed by atoms with van der Waals surface area (Å²) in [5.41, 5.74) is -1.27. The summed E-state index contributed by atoms with van der Waals surface area (Å²) in [7, 11) is -3.98. The van der Waals surface area contributed by atoms with E-state index >= 15 is 0 Å². The van der Waals surface area contributed by atoms with Crippen LogP contribution in [0.4, 0.5) is 13.2 Å². The van der Waals surface area contributed by atoms with E-state index in [0.717, 1.165) is 0 Å². The van der Waals surface area contributed by atoms with Crippen LogP contribution in [-0.2, 0) is 16.0 Å². The van der Waals surface area contributed by atoms with E-state index in [1.807, 2.05) is 6.07 Å². The fourth-order valence-corrected chi connectivity index (χ4v) is 4.39. The topological polar surface area (TPSA) is 70.8 Å². The lowest BCUT2D eigenvalue weighted by molar-refractivity contribution is -0.137. The second-order valence-corrected chi connectivity index (χ2v) is 7.67. The molecule has 0 N–H and O–H groups in total. The molecule has 2 aromatic rings. The number of benzene rings is 1. The zero-order valence-electron chi connectivity index (χ0n) is 12.7. The van der Waals surface area contributed by atoms with Crippen LogP contribution in [0, 0.1) is 11.3 Å². The SMILES string of the molecule is N#CCC[C@H](c1ncc(C(F)(F)F)cc1Cl)S(=O)(=O)c1ccccc1. The Morgan fingerprint density at radius 2 is 1.88 bits per heavy atom. The Bertz CT molecular complexity index is 894. The molecule has 25 heavy (non-hydrogen) atoms. The quantitative estimate of drug-likeness (QED) is 0.752. The summed E-state index contributed by atoms with van der Waals surface area (Å²) in [6.07, 6.45) is -4.35.